The minimum atomic E-state index is -3.55. The zero-order chi connectivity index (χ0) is 14.2. The minimum absolute atomic E-state index is 0.299. The molecule has 5 heteroatoms. The van der Waals surface area contributed by atoms with Crippen LogP contribution < -0.4 is 5.32 Å². The van der Waals surface area contributed by atoms with Crippen molar-refractivity contribution in [1.29, 1.82) is 0 Å². The van der Waals surface area contributed by atoms with Crippen LogP contribution >= 0.6 is 0 Å². The second-order valence-corrected chi connectivity index (χ2v) is 6.32. The lowest BCUT2D eigenvalue weighted by molar-refractivity contribution is 0.597. The SMILES string of the molecule is CNc1cn2ccccc2c1S(=O)(=O)c1ccccc1. The van der Waals surface area contributed by atoms with Crippen molar-refractivity contribution in [3.05, 3.63) is 60.9 Å². The van der Waals surface area contributed by atoms with Crippen molar-refractivity contribution in [2.45, 2.75) is 9.79 Å². The lowest BCUT2D eigenvalue weighted by Crippen LogP contribution is -2.04. The van der Waals surface area contributed by atoms with Crippen LogP contribution in [-0.2, 0) is 9.84 Å². The van der Waals surface area contributed by atoms with Gasteiger partial charge in [0, 0.05) is 19.4 Å². The van der Waals surface area contributed by atoms with Gasteiger partial charge in [0.2, 0.25) is 9.84 Å². The molecule has 0 amide bonds. The molecule has 0 spiro atoms. The number of rotatable bonds is 3. The van der Waals surface area contributed by atoms with E-state index in [1.54, 1.807) is 49.6 Å². The molecule has 0 atom stereocenters. The first-order valence-corrected chi connectivity index (χ1v) is 7.70. The molecule has 20 heavy (non-hydrogen) atoms. The van der Waals surface area contributed by atoms with Crippen molar-refractivity contribution in [3.63, 3.8) is 0 Å². The molecular formula is C15H14N2O2S. The lowest BCUT2D eigenvalue weighted by Gasteiger charge is -2.06. The third-order valence-corrected chi connectivity index (χ3v) is 5.09. The average molecular weight is 286 g/mol. The van der Waals surface area contributed by atoms with E-state index in [1.165, 1.54) is 0 Å². The molecule has 3 aromatic rings. The van der Waals surface area contributed by atoms with Gasteiger partial charge in [0.05, 0.1) is 16.1 Å². The Morgan fingerprint density at radius 2 is 1.70 bits per heavy atom. The third-order valence-electron chi connectivity index (χ3n) is 3.23. The molecule has 0 aliphatic heterocycles. The van der Waals surface area contributed by atoms with Crippen LogP contribution in [0.15, 0.2) is 70.7 Å². The molecule has 1 N–H and O–H groups in total. The fourth-order valence-corrected chi connectivity index (χ4v) is 3.92. The Bertz CT molecular complexity index is 852. The van der Waals surface area contributed by atoms with Crippen molar-refractivity contribution in [2.24, 2.45) is 0 Å². The standard InChI is InChI=1S/C15H14N2O2S/c1-16-13-11-17-10-6-5-9-14(17)15(13)20(18,19)12-7-3-2-4-8-12/h2-11,16H,1H3. The van der Waals surface area contributed by atoms with Crippen LogP contribution in [0.5, 0.6) is 0 Å². The number of pyridine rings is 1. The largest absolute Gasteiger partial charge is 0.386 e. The van der Waals surface area contributed by atoms with E-state index in [1.807, 2.05) is 22.7 Å². The van der Waals surface area contributed by atoms with Crippen molar-refractivity contribution >= 4 is 21.0 Å². The Morgan fingerprint density at radius 3 is 2.40 bits per heavy atom. The maximum Gasteiger partial charge on any atom is 0.210 e. The van der Waals surface area contributed by atoms with Crippen molar-refractivity contribution in [1.82, 2.24) is 4.40 Å². The molecule has 0 unspecified atom stereocenters. The zero-order valence-corrected chi connectivity index (χ0v) is 11.8. The van der Waals surface area contributed by atoms with Crippen molar-refractivity contribution in [3.8, 4) is 0 Å². The number of aromatic nitrogens is 1. The second kappa shape index (κ2) is 4.68. The van der Waals surface area contributed by atoms with Gasteiger partial charge in [-0.3, -0.25) is 0 Å². The smallest absolute Gasteiger partial charge is 0.210 e. The maximum atomic E-state index is 12.8. The molecule has 0 saturated carbocycles. The number of fused-ring (bicyclic) bond motifs is 1. The molecular weight excluding hydrogens is 272 g/mol. The summed E-state index contributed by atoms with van der Waals surface area (Å²) in [4.78, 5) is 0.611. The Balaban J connectivity index is 2.34. The number of hydrogen-bond donors (Lipinski definition) is 1. The quantitative estimate of drug-likeness (QED) is 0.805. The predicted molar refractivity (Wildman–Crippen MR) is 78.8 cm³/mol. The van der Waals surface area contributed by atoms with Gasteiger partial charge in [-0.25, -0.2) is 8.42 Å². The molecule has 4 nitrogen and oxygen atoms in total. The van der Waals surface area contributed by atoms with Gasteiger partial charge >= 0.3 is 0 Å². The topological polar surface area (TPSA) is 50.6 Å². The van der Waals surface area contributed by atoms with Crippen LogP contribution in [0.2, 0.25) is 0 Å². The molecule has 0 bridgehead atoms. The van der Waals surface area contributed by atoms with Gasteiger partial charge < -0.3 is 9.72 Å². The fraction of sp³-hybridized carbons (Fsp3) is 0.0667. The molecule has 0 fully saturated rings. The highest BCUT2D eigenvalue weighted by Crippen LogP contribution is 2.32. The van der Waals surface area contributed by atoms with Crippen molar-refractivity contribution in [2.75, 3.05) is 12.4 Å². The summed E-state index contributed by atoms with van der Waals surface area (Å²) >= 11 is 0. The highest BCUT2D eigenvalue weighted by Gasteiger charge is 2.25. The fourth-order valence-electron chi connectivity index (χ4n) is 2.27. The molecule has 0 radical (unpaired) electrons. The highest BCUT2D eigenvalue weighted by atomic mass is 32.2. The van der Waals surface area contributed by atoms with Gasteiger partial charge in [-0.2, -0.15) is 0 Å². The maximum absolute atomic E-state index is 12.8. The Kier molecular flexibility index (Phi) is 2.99. The van der Waals surface area contributed by atoms with E-state index in [0.29, 0.717) is 21.0 Å². The first kappa shape index (κ1) is 12.7. The molecule has 102 valence electrons. The summed E-state index contributed by atoms with van der Waals surface area (Å²) in [6.07, 6.45) is 3.62. The van der Waals surface area contributed by atoms with E-state index in [2.05, 4.69) is 5.32 Å². The van der Waals surface area contributed by atoms with E-state index in [4.69, 9.17) is 0 Å². The first-order valence-electron chi connectivity index (χ1n) is 6.22. The van der Waals surface area contributed by atoms with Gasteiger partial charge in [-0.1, -0.05) is 24.3 Å². The van der Waals surface area contributed by atoms with Crippen molar-refractivity contribution < 1.29 is 8.42 Å². The van der Waals surface area contributed by atoms with E-state index >= 15 is 0 Å². The number of hydrogen-bond acceptors (Lipinski definition) is 3. The van der Waals surface area contributed by atoms with E-state index in [9.17, 15) is 8.42 Å². The molecule has 1 aromatic carbocycles. The highest BCUT2D eigenvalue weighted by molar-refractivity contribution is 7.91. The molecule has 3 rings (SSSR count). The van der Waals surface area contributed by atoms with Crippen LogP contribution in [0.25, 0.3) is 5.52 Å². The summed E-state index contributed by atoms with van der Waals surface area (Å²) in [5, 5.41) is 2.96. The van der Waals surface area contributed by atoms with Gasteiger partial charge in [-0.05, 0) is 24.3 Å². The van der Waals surface area contributed by atoms with Gasteiger partial charge in [0.25, 0.3) is 0 Å². The third kappa shape index (κ3) is 1.87. The Labute approximate surface area is 117 Å². The molecule has 2 aromatic heterocycles. The molecule has 0 saturated heterocycles. The number of sulfone groups is 1. The van der Waals surface area contributed by atoms with E-state index in [-0.39, 0.29) is 0 Å². The second-order valence-electron chi connectivity index (χ2n) is 4.43. The minimum Gasteiger partial charge on any atom is -0.386 e. The van der Waals surface area contributed by atoms with Crippen LogP contribution in [0.3, 0.4) is 0 Å². The zero-order valence-electron chi connectivity index (χ0n) is 10.9. The lowest BCUT2D eigenvalue weighted by atomic mass is 10.4. The molecule has 0 aliphatic rings. The summed E-state index contributed by atoms with van der Waals surface area (Å²) < 4.78 is 27.5. The number of nitrogens with zero attached hydrogens (tertiary/aromatic N) is 1. The van der Waals surface area contributed by atoms with Gasteiger partial charge in [0.15, 0.2) is 0 Å². The number of benzene rings is 1. The monoisotopic (exact) mass is 286 g/mol. The van der Waals surface area contributed by atoms with Crippen LogP contribution in [0.1, 0.15) is 0 Å². The van der Waals surface area contributed by atoms with Gasteiger partial charge in [-0.15, -0.1) is 0 Å². The normalized spacial score (nSPS) is 11.7. The van der Waals surface area contributed by atoms with Crippen LogP contribution in [-0.4, -0.2) is 19.9 Å². The predicted octanol–water partition coefficient (Wildman–Crippen LogP) is 2.81. The van der Waals surface area contributed by atoms with Crippen LogP contribution in [0, 0.1) is 0 Å². The summed E-state index contributed by atoms with van der Waals surface area (Å²) in [6.45, 7) is 0. The Hall–Kier alpha value is -2.27. The molecule has 0 aliphatic carbocycles. The summed E-state index contributed by atoms with van der Waals surface area (Å²) in [7, 11) is -1.83. The average Bonchev–Trinajstić information content (AvgIpc) is 2.87. The first-order chi connectivity index (χ1) is 9.64. The van der Waals surface area contributed by atoms with E-state index in [0.717, 1.165) is 0 Å². The van der Waals surface area contributed by atoms with Crippen LogP contribution in [0.4, 0.5) is 5.69 Å². The number of nitrogens with one attached hydrogen (secondary N) is 1. The summed E-state index contributed by atoms with van der Waals surface area (Å²) in [5.74, 6) is 0. The summed E-state index contributed by atoms with van der Waals surface area (Å²) in [6, 6.07) is 14.0. The summed E-state index contributed by atoms with van der Waals surface area (Å²) in [5.41, 5.74) is 1.26. The number of anilines is 1. The Morgan fingerprint density at radius 1 is 1.00 bits per heavy atom. The van der Waals surface area contributed by atoms with Gasteiger partial charge in [0.1, 0.15) is 4.90 Å². The molecule has 2 heterocycles. The van der Waals surface area contributed by atoms with E-state index < -0.39 is 9.84 Å².